The Kier molecular flexibility index (Phi) is 3.93. The number of hydrogen-bond acceptors (Lipinski definition) is 5. The van der Waals surface area contributed by atoms with Gasteiger partial charge in [-0.1, -0.05) is 0 Å². The molecule has 0 spiro atoms. The minimum atomic E-state index is -3.62. The summed E-state index contributed by atoms with van der Waals surface area (Å²) in [4.78, 5) is 6.26. The van der Waals surface area contributed by atoms with Crippen molar-refractivity contribution in [2.24, 2.45) is 0 Å². The van der Waals surface area contributed by atoms with Crippen molar-refractivity contribution >= 4 is 10.0 Å². The first kappa shape index (κ1) is 14.4. The first-order valence-electron chi connectivity index (χ1n) is 7.22. The van der Waals surface area contributed by atoms with Crippen LogP contribution in [0.25, 0.3) is 0 Å². The van der Waals surface area contributed by atoms with Gasteiger partial charge in [-0.15, -0.1) is 0 Å². The van der Waals surface area contributed by atoms with Crippen LogP contribution in [0, 0.1) is 11.3 Å². The van der Waals surface area contributed by atoms with E-state index in [0.717, 1.165) is 19.5 Å². The van der Waals surface area contributed by atoms with E-state index in [4.69, 9.17) is 5.26 Å². The lowest BCUT2D eigenvalue weighted by Gasteiger charge is -2.23. The third-order valence-electron chi connectivity index (χ3n) is 4.28. The second kappa shape index (κ2) is 5.72. The van der Waals surface area contributed by atoms with E-state index in [1.807, 2.05) is 6.07 Å². The highest BCUT2D eigenvalue weighted by molar-refractivity contribution is 7.89. The van der Waals surface area contributed by atoms with Crippen molar-refractivity contribution in [3.05, 3.63) is 24.0 Å². The van der Waals surface area contributed by atoms with Crippen molar-refractivity contribution in [2.75, 3.05) is 26.2 Å². The van der Waals surface area contributed by atoms with Gasteiger partial charge in [0.25, 0.3) is 0 Å². The van der Waals surface area contributed by atoms with Gasteiger partial charge in [0.1, 0.15) is 11.0 Å². The zero-order valence-electron chi connectivity index (χ0n) is 11.8. The summed E-state index contributed by atoms with van der Waals surface area (Å²) in [6, 6.07) is 5.19. The SMILES string of the molecule is N#Cc1ncccc1S(=O)(=O)N1CCC(N2CCCC2)C1. The number of aromatic nitrogens is 1. The van der Waals surface area contributed by atoms with Gasteiger partial charge in [0.2, 0.25) is 10.0 Å². The number of hydrogen-bond donors (Lipinski definition) is 0. The van der Waals surface area contributed by atoms with Crippen molar-refractivity contribution in [1.82, 2.24) is 14.2 Å². The molecule has 1 aromatic rings. The van der Waals surface area contributed by atoms with E-state index in [-0.39, 0.29) is 10.6 Å². The standard InChI is InChI=1S/C14H18N4O2S/c15-10-13-14(4-3-6-16-13)21(19,20)18-9-5-12(11-18)17-7-1-2-8-17/h3-4,6,12H,1-2,5,7-9,11H2. The maximum atomic E-state index is 12.7. The highest BCUT2D eigenvalue weighted by Crippen LogP contribution is 2.26. The van der Waals surface area contributed by atoms with Gasteiger partial charge in [-0.2, -0.15) is 9.57 Å². The molecule has 2 aliphatic rings. The molecule has 0 amide bonds. The lowest BCUT2D eigenvalue weighted by atomic mass is 10.2. The third kappa shape index (κ3) is 2.67. The fourth-order valence-electron chi connectivity index (χ4n) is 3.16. The summed E-state index contributed by atoms with van der Waals surface area (Å²) in [6.07, 6.45) is 4.70. The van der Waals surface area contributed by atoms with Crippen LogP contribution in [0.4, 0.5) is 0 Å². The average Bonchev–Trinajstić information content (AvgIpc) is 3.17. The molecule has 2 fully saturated rings. The molecule has 0 radical (unpaired) electrons. The number of sulfonamides is 1. The molecule has 0 aliphatic carbocycles. The van der Waals surface area contributed by atoms with Gasteiger partial charge in [0.05, 0.1) is 0 Å². The Hall–Kier alpha value is -1.49. The topological polar surface area (TPSA) is 77.3 Å². The summed E-state index contributed by atoms with van der Waals surface area (Å²) in [7, 11) is -3.62. The van der Waals surface area contributed by atoms with Crippen LogP contribution in [0.5, 0.6) is 0 Å². The first-order valence-corrected chi connectivity index (χ1v) is 8.66. The van der Waals surface area contributed by atoms with Crippen LogP contribution in [0.15, 0.2) is 23.2 Å². The monoisotopic (exact) mass is 306 g/mol. The van der Waals surface area contributed by atoms with Crippen molar-refractivity contribution in [3.63, 3.8) is 0 Å². The quantitative estimate of drug-likeness (QED) is 0.826. The molecule has 0 aromatic carbocycles. The zero-order valence-corrected chi connectivity index (χ0v) is 12.6. The molecule has 6 nitrogen and oxygen atoms in total. The molecule has 1 unspecified atom stereocenters. The Labute approximate surface area is 125 Å². The molecule has 3 heterocycles. The van der Waals surface area contributed by atoms with E-state index < -0.39 is 10.0 Å². The molecule has 1 atom stereocenters. The smallest absolute Gasteiger partial charge is 0.246 e. The van der Waals surface area contributed by atoms with Crippen molar-refractivity contribution in [1.29, 1.82) is 5.26 Å². The largest absolute Gasteiger partial charge is 0.299 e. The van der Waals surface area contributed by atoms with Crippen LogP contribution in [0.3, 0.4) is 0 Å². The van der Waals surface area contributed by atoms with E-state index in [0.29, 0.717) is 19.1 Å². The molecular weight excluding hydrogens is 288 g/mol. The molecule has 112 valence electrons. The maximum absolute atomic E-state index is 12.7. The van der Waals surface area contributed by atoms with Gasteiger partial charge in [-0.3, -0.25) is 4.90 Å². The van der Waals surface area contributed by atoms with E-state index in [1.165, 1.54) is 29.4 Å². The Morgan fingerprint density at radius 2 is 2.05 bits per heavy atom. The fourth-order valence-corrected chi connectivity index (χ4v) is 4.74. The number of rotatable bonds is 3. The molecule has 3 rings (SSSR count). The van der Waals surface area contributed by atoms with Crippen LogP contribution in [-0.4, -0.2) is 54.8 Å². The van der Waals surface area contributed by atoms with Crippen LogP contribution in [0.2, 0.25) is 0 Å². The Morgan fingerprint density at radius 3 is 2.76 bits per heavy atom. The van der Waals surface area contributed by atoms with Crippen LogP contribution < -0.4 is 0 Å². The molecule has 7 heteroatoms. The lowest BCUT2D eigenvalue weighted by molar-refractivity contribution is 0.251. The summed E-state index contributed by atoms with van der Waals surface area (Å²) in [6.45, 7) is 3.16. The minimum absolute atomic E-state index is 0.0228. The second-order valence-electron chi connectivity index (χ2n) is 5.51. The highest BCUT2D eigenvalue weighted by atomic mass is 32.2. The van der Waals surface area contributed by atoms with E-state index >= 15 is 0 Å². The molecule has 21 heavy (non-hydrogen) atoms. The van der Waals surface area contributed by atoms with Gasteiger partial charge < -0.3 is 0 Å². The fraction of sp³-hybridized carbons (Fsp3) is 0.571. The van der Waals surface area contributed by atoms with Gasteiger partial charge in [-0.25, -0.2) is 13.4 Å². The molecule has 1 aromatic heterocycles. The number of pyridine rings is 1. The third-order valence-corrected chi connectivity index (χ3v) is 6.17. The number of nitrogens with zero attached hydrogens (tertiary/aromatic N) is 4. The predicted molar refractivity (Wildman–Crippen MR) is 76.9 cm³/mol. The summed E-state index contributed by atoms with van der Waals surface area (Å²) >= 11 is 0. The number of nitriles is 1. The number of likely N-dealkylation sites (tertiary alicyclic amines) is 1. The first-order chi connectivity index (χ1) is 10.1. The predicted octanol–water partition coefficient (Wildman–Crippen LogP) is 0.812. The van der Waals surface area contributed by atoms with Gasteiger partial charge in [0, 0.05) is 25.3 Å². The van der Waals surface area contributed by atoms with Crippen molar-refractivity contribution in [3.8, 4) is 6.07 Å². The molecule has 2 aliphatic heterocycles. The summed E-state index contributed by atoms with van der Waals surface area (Å²) in [5.74, 6) is 0. The molecule has 0 bridgehead atoms. The highest BCUT2D eigenvalue weighted by Gasteiger charge is 2.37. The Balaban J connectivity index is 1.81. The van der Waals surface area contributed by atoms with Crippen molar-refractivity contribution in [2.45, 2.75) is 30.2 Å². The van der Waals surface area contributed by atoms with Crippen LogP contribution in [0.1, 0.15) is 25.0 Å². The van der Waals surface area contributed by atoms with E-state index in [9.17, 15) is 8.42 Å². The minimum Gasteiger partial charge on any atom is -0.299 e. The lowest BCUT2D eigenvalue weighted by Crippen LogP contribution is -2.37. The zero-order chi connectivity index (χ0) is 14.9. The molecule has 2 saturated heterocycles. The van der Waals surface area contributed by atoms with Gasteiger partial charge in [-0.05, 0) is 44.5 Å². The summed E-state index contributed by atoms with van der Waals surface area (Å²) in [5, 5.41) is 9.05. The van der Waals surface area contributed by atoms with Crippen molar-refractivity contribution < 1.29 is 8.42 Å². The molecular formula is C14H18N4O2S. The average molecular weight is 306 g/mol. The summed E-state index contributed by atoms with van der Waals surface area (Å²) < 4.78 is 26.9. The second-order valence-corrected chi connectivity index (χ2v) is 7.42. The molecule has 0 N–H and O–H groups in total. The molecule has 0 saturated carbocycles. The van der Waals surface area contributed by atoms with Gasteiger partial charge >= 0.3 is 0 Å². The van der Waals surface area contributed by atoms with E-state index in [1.54, 1.807) is 6.07 Å². The van der Waals surface area contributed by atoms with Crippen LogP contribution in [-0.2, 0) is 10.0 Å². The van der Waals surface area contributed by atoms with Gasteiger partial charge in [0.15, 0.2) is 5.69 Å². The van der Waals surface area contributed by atoms with Crippen LogP contribution >= 0.6 is 0 Å². The Morgan fingerprint density at radius 1 is 1.29 bits per heavy atom. The normalized spacial score (nSPS) is 24.2. The van der Waals surface area contributed by atoms with E-state index in [2.05, 4.69) is 9.88 Å². The Bertz CT molecular complexity index is 662. The maximum Gasteiger partial charge on any atom is 0.246 e. The summed E-state index contributed by atoms with van der Waals surface area (Å²) in [5.41, 5.74) is -0.0258.